The fourth-order valence-corrected chi connectivity index (χ4v) is 3.23. The fraction of sp³-hybridized carbons (Fsp3) is 0.250. The maximum Gasteiger partial charge on any atom is 0.264 e. The number of likely N-dealkylation sites (N-methyl/N-ethyl adjacent to an activating group) is 1. The van der Waals surface area contributed by atoms with E-state index >= 15 is 0 Å². The Morgan fingerprint density at radius 1 is 1.00 bits per heavy atom. The number of anilines is 1. The van der Waals surface area contributed by atoms with Gasteiger partial charge in [-0.1, -0.05) is 30.3 Å². The van der Waals surface area contributed by atoms with Crippen molar-refractivity contribution in [2.24, 2.45) is 0 Å². The monoisotopic (exact) mass is 304 g/mol. The molecule has 0 spiro atoms. The van der Waals surface area contributed by atoms with E-state index in [4.69, 9.17) is 0 Å². The van der Waals surface area contributed by atoms with Crippen molar-refractivity contribution >= 4 is 15.7 Å². The number of rotatable bonds is 6. The van der Waals surface area contributed by atoms with E-state index in [1.165, 1.54) is 4.31 Å². The number of hydrogen-bond donors (Lipinski definition) is 1. The summed E-state index contributed by atoms with van der Waals surface area (Å²) in [5.41, 5.74) is 1.77. The smallest absolute Gasteiger partial charge is 0.264 e. The van der Waals surface area contributed by atoms with E-state index in [0.29, 0.717) is 10.6 Å². The molecule has 0 aliphatic heterocycles. The molecule has 0 heterocycles. The van der Waals surface area contributed by atoms with Crippen LogP contribution in [0.3, 0.4) is 0 Å². The van der Waals surface area contributed by atoms with Crippen LogP contribution in [0, 0.1) is 0 Å². The van der Waals surface area contributed by atoms with E-state index in [9.17, 15) is 8.42 Å². The molecular weight excluding hydrogens is 284 g/mol. The van der Waals surface area contributed by atoms with Gasteiger partial charge in [0.25, 0.3) is 10.0 Å². The summed E-state index contributed by atoms with van der Waals surface area (Å²) < 4.78 is 26.4. The summed E-state index contributed by atoms with van der Waals surface area (Å²) in [4.78, 5) is 0.307. The van der Waals surface area contributed by atoms with Crippen LogP contribution in [0.5, 0.6) is 0 Å². The van der Waals surface area contributed by atoms with Gasteiger partial charge in [0.1, 0.15) is 0 Å². The van der Waals surface area contributed by atoms with E-state index in [2.05, 4.69) is 5.32 Å². The lowest BCUT2D eigenvalue weighted by atomic mass is 10.1. The molecule has 1 N–H and O–H groups in total. The van der Waals surface area contributed by atoms with Crippen molar-refractivity contribution in [3.8, 4) is 0 Å². The molecule has 2 aromatic carbocycles. The van der Waals surface area contributed by atoms with Crippen LogP contribution < -0.4 is 9.62 Å². The van der Waals surface area contributed by atoms with Crippen LogP contribution in [0.2, 0.25) is 0 Å². The second-order valence-electron chi connectivity index (χ2n) is 4.81. The Morgan fingerprint density at radius 2 is 1.62 bits per heavy atom. The molecule has 4 nitrogen and oxygen atoms in total. The van der Waals surface area contributed by atoms with Gasteiger partial charge in [-0.2, -0.15) is 0 Å². The molecule has 2 rings (SSSR count). The van der Waals surface area contributed by atoms with Crippen LogP contribution in [-0.2, 0) is 16.4 Å². The van der Waals surface area contributed by atoms with Gasteiger partial charge >= 0.3 is 0 Å². The average Bonchev–Trinajstić information content (AvgIpc) is 2.53. The van der Waals surface area contributed by atoms with Crippen molar-refractivity contribution in [3.63, 3.8) is 0 Å². The minimum Gasteiger partial charge on any atom is -0.319 e. The van der Waals surface area contributed by atoms with Crippen LogP contribution in [0.4, 0.5) is 5.69 Å². The highest BCUT2D eigenvalue weighted by atomic mass is 32.2. The highest BCUT2D eigenvalue weighted by Crippen LogP contribution is 2.21. The van der Waals surface area contributed by atoms with Crippen molar-refractivity contribution in [3.05, 3.63) is 60.2 Å². The molecule has 112 valence electrons. The fourth-order valence-electron chi connectivity index (χ4n) is 2.03. The quantitative estimate of drug-likeness (QED) is 0.890. The SMILES string of the molecule is CNCCc1ccc(S(=O)(=O)N(C)c2ccccc2)cc1. The van der Waals surface area contributed by atoms with Crippen molar-refractivity contribution < 1.29 is 8.42 Å². The number of hydrogen-bond acceptors (Lipinski definition) is 3. The highest BCUT2D eigenvalue weighted by molar-refractivity contribution is 7.92. The molecule has 0 aliphatic carbocycles. The maximum absolute atomic E-state index is 12.6. The summed E-state index contributed by atoms with van der Waals surface area (Å²) in [5.74, 6) is 0. The second-order valence-corrected chi connectivity index (χ2v) is 6.77. The molecule has 2 aromatic rings. The molecule has 0 saturated heterocycles. The molecule has 0 amide bonds. The van der Waals surface area contributed by atoms with Gasteiger partial charge in [0.2, 0.25) is 0 Å². The van der Waals surface area contributed by atoms with Gasteiger partial charge in [-0.25, -0.2) is 8.42 Å². The molecule has 0 radical (unpaired) electrons. The predicted octanol–water partition coefficient (Wildman–Crippen LogP) is 2.27. The Morgan fingerprint density at radius 3 is 2.19 bits per heavy atom. The van der Waals surface area contributed by atoms with Gasteiger partial charge in [-0.3, -0.25) is 4.31 Å². The molecule has 0 aromatic heterocycles. The first-order chi connectivity index (χ1) is 10.1. The standard InChI is InChI=1S/C16H20N2O2S/c1-17-13-12-14-8-10-16(11-9-14)21(19,20)18(2)15-6-4-3-5-7-15/h3-11,17H,12-13H2,1-2H3. The summed E-state index contributed by atoms with van der Waals surface area (Å²) in [5, 5.41) is 3.07. The Balaban J connectivity index is 2.23. The lowest BCUT2D eigenvalue weighted by molar-refractivity contribution is 0.594. The number of nitrogens with zero attached hydrogens (tertiary/aromatic N) is 1. The summed E-state index contributed by atoms with van der Waals surface area (Å²) in [6.45, 7) is 0.871. The molecule has 5 heteroatoms. The van der Waals surface area contributed by atoms with Gasteiger partial charge in [-0.05, 0) is 49.8 Å². The zero-order valence-corrected chi connectivity index (χ0v) is 13.1. The first-order valence-corrected chi connectivity index (χ1v) is 8.27. The van der Waals surface area contributed by atoms with E-state index in [1.807, 2.05) is 37.4 Å². The summed E-state index contributed by atoms with van der Waals surface area (Å²) in [7, 11) is -0.0461. The van der Waals surface area contributed by atoms with Crippen LogP contribution >= 0.6 is 0 Å². The van der Waals surface area contributed by atoms with Crippen LogP contribution in [0.1, 0.15) is 5.56 Å². The number of sulfonamides is 1. The van der Waals surface area contributed by atoms with Crippen molar-refractivity contribution in [2.75, 3.05) is 24.9 Å². The second kappa shape index (κ2) is 6.74. The minimum atomic E-state index is -3.51. The van der Waals surface area contributed by atoms with Gasteiger partial charge < -0.3 is 5.32 Å². The molecule has 0 atom stereocenters. The summed E-state index contributed by atoms with van der Waals surface area (Å²) in [6, 6.07) is 16.1. The molecule has 0 aliphatic rings. The van der Waals surface area contributed by atoms with E-state index in [-0.39, 0.29) is 0 Å². The zero-order chi connectivity index (χ0) is 15.3. The third kappa shape index (κ3) is 3.62. The third-order valence-corrected chi connectivity index (χ3v) is 5.17. The molecular formula is C16H20N2O2S. The van der Waals surface area contributed by atoms with E-state index in [0.717, 1.165) is 18.5 Å². The van der Waals surface area contributed by atoms with E-state index < -0.39 is 10.0 Å². The number of para-hydroxylation sites is 1. The van der Waals surface area contributed by atoms with Crippen molar-refractivity contribution in [1.82, 2.24) is 5.32 Å². The normalized spacial score (nSPS) is 11.3. The van der Waals surface area contributed by atoms with Crippen LogP contribution in [0.15, 0.2) is 59.5 Å². The van der Waals surface area contributed by atoms with Gasteiger partial charge in [0.15, 0.2) is 0 Å². The Labute approximate surface area is 126 Å². The third-order valence-electron chi connectivity index (χ3n) is 3.37. The summed E-state index contributed by atoms with van der Waals surface area (Å²) in [6.07, 6.45) is 0.880. The van der Waals surface area contributed by atoms with Crippen molar-refractivity contribution in [1.29, 1.82) is 0 Å². The van der Waals surface area contributed by atoms with Gasteiger partial charge in [-0.15, -0.1) is 0 Å². The summed E-state index contributed by atoms with van der Waals surface area (Å²) >= 11 is 0. The molecule has 0 bridgehead atoms. The maximum atomic E-state index is 12.6. The van der Waals surface area contributed by atoms with Gasteiger partial charge in [0, 0.05) is 7.05 Å². The zero-order valence-electron chi connectivity index (χ0n) is 12.3. The molecule has 0 saturated carbocycles. The molecule has 21 heavy (non-hydrogen) atoms. The van der Waals surface area contributed by atoms with E-state index in [1.54, 1.807) is 31.3 Å². The Bertz CT molecular complexity index is 667. The topological polar surface area (TPSA) is 49.4 Å². The highest BCUT2D eigenvalue weighted by Gasteiger charge is 2.20. The first kappa shape index (κ1) is 15.5. The van der Waals surface area contributed by atoms with Crippen LogP contribution in [-0.4, -0.2) is 29.1 Å². The van der Waals surface area contributed by atoms with Crippen molar-refractivity contribution in [2.45, 2.75) is 11.3 Å². The Hall–Kier alpha value is -1.85. The molecule has 0 unspecified atom stereocenters. The number of nitrogens with one attached hydrogen (secondary N) is 1. The average molecular weight is 304 g/mol. The number of benzene rings is 2. The minimum absolute atomic E-state index is 0.307. The Kier molecular flexibility index (Phi) is 4.98. The predicted molar refractivity (Wildman–Crippen MR) is 86.1 cm³/mol. The lowest BCUT2D eigenvalue weighted by Gasteiger charge is -2.19. The largest absolute Gasteiger partial charge is 0.319 e. The lowest BCUT2D eigenvalue weighted by Crippen LogP contribution is -2.26. The first-order valence-electron chi connectivity index (χ1n) is 6.83. The molecule has 0 fully saturated rings. The van der Waals surface area contributed by atoms with Gasteiger partial charge in [0.05, 0.1) is 10.6 Å². The van der Waals surface area contributed by atoms with Crippen LogP contribution in [0.25, 0.3) is 0 Å².